The van der Waals surface area contributed by atoms with Crippen molar-refractivity contribution in [3.63, 3.8) is 0 Å². The van der Waals surface area contributed by atoms with Crippen molar-refractivity contribution in [2.45, 2.75) is 18.9 Å². The lowest BCUT2D eigenvalue weighted by Gasteiger charge is -2.08. The molecule has 18 heavy (non-hydrogen) atoms. The Labute approximate surface area is 102 Å². The second-order valence-corrected chi connectivity index (χ2v) is 4.02. The largest absolute Gasteiger partial charge is 0.465 e. The zero-order chi connectivity index (χ0) is 13.3. The third-order valence-corrected chi connectivity index (χ3v) is 2.62. The summed E-state index contributed by atoms with van der Waals surface area (Å²) in [6.07, 6.45) is 1.81. The summed E-state index contributed by atoms with van der Waals surface area (Å²) in [5.41, 5.74) is -0.553. The fourth-order valence-electron chi connectivity index (χ4n) is 1.54. The van der Waals surface area contributed by atoms with Gasteiger partial charge in [-0.05, 0) is 18.9 Å². The summed E-state index contributed by atoms with van der Waals surface area (Å²) in [6, 6.07) is 2.01. The molecule has 0 heterocycles. The minimum atomic E-state index is -0.963. The number of benzene rings is 1. The molecule has 0 atom stereocenters. The van der Waals surface area contributed by atoms with Gasteiger partial charge in [0.15, 0.2) is 0 Å². The first kappa shape index (κ1) is 12.3. The number of ether oxygens (including phenoxy) is 1. The number of hydrogen-bond donors (Lipinski definition) is 1. The van der Waals surface area contributed by atoms with Crippen LogP contribution in [0, 0.1) is 15.9 Å². The van der Waals surface area contributed by atoms with Crippen LogP contribution in [0.2, 0.25) is 0 Å². The molecule has 1 fully saturated rings. The van der Waals surface area contributed by atoms with Gasteiger partial charge in [-0.25, -0.2) is 9.18 Å². The van der Waals surface area contributed by atoms with Crippen molar-refractivity contribution in [1.29, 1.82) is 0 Å². The number of nitro groups is 1. The molecule has 0 amide bonds. The number of carbonyl (C=O) groups excluding carboxylic acids is 1. The molecule has 1 saturated carbocycles. The zero-order valence-corrected chi connectivity index (χ0v) is 9.60. The maximum absolute atomic E-state index is 13.5. The first-order valence-corrected chi connectivity index (χ1v) is 5.35. The predicted octanol–water partition coefficient (Wildman–Crippen LogP) is 2.09. The van der Waals surface area contributed by atoms with E-state index in [1.54, 1.807) is 0 Å². The van der Waals surface area contributed by atoms with Gasteiger partial charge >= 0.3 is 5.97 Å². The Bertz CT molecular complexity index is 514. The van der Waals surface area contributed by atoms with E-state index in [2.05, 4.69) is 10.1 Å². The quantitative estimate of drug-likeness (QED) is 0.505. The number of esters is 1. The van der Waals surface area contributed by atoms with Gasteiger partial charge in [0.1, 0.15) is 11.5 Å². The molecule has 1 aliphatic carbocycles. The monoisotopic (exact) mass is 254 g/mol. The van der Waals surface area contributed by atoms with Gasteiger partial charge < -0.3 is 10.1 Å². The van der Waals surface area contributed by atoms with Crippen LogP contribution in [-0.4, -0.2) is 24.0 Å². The number of carbonyl (C=O) groups is 1. The number of methoxy groups -OCH3 is 1. The molecule has 0 aromatic heterocycles. The van der Waals surface area contributed by atoms with Crippen molar-refractivity contribution in [2.24, 2.45) is 0 Å². The van der Waals surface area contributed by atoms with E-state index in [1.807, 2.05) is 0 Å². The highest BCUT2D eigenvalue weighted by Gasteiger charge is 2.27. The molecular formula is C11H11FN2O4. The molecule has 0 radical (unpaired) electrons. The number of halogens is 1. The first-order chi connectivity index (χ1) is 8.52. The van der Waals surface area contributed by atoms with E-state index in [4.69, 9.17) is 0 Å². The molecular weight excluding hydrogens is 243 g/mol. The van der Waals surface area contributed by atoms with Crippen LogP contribution in [0.25, 0.3) is 0 Å². The average Bonchev–Trinajstić information content (AvgIpc) is 3.13. The Morgan fingerprint density at radius 2 is 2.22 bits per heavy atom. The van der Waals surface area contributed by atoms with E-state index < -0.39 is 16.7 Å². The number of nitrogens with zero attached hydrogens (tertiary/aromatic N) is 1. The van der Waals surface area contributed by atoms with Crippen molar-refractivity contribution in [2.75, 3.05) is 12.4 Å². The molecule has 1 aromatic carbocycles. The van der Waals surface area contributed by atoms with Gasteiger partial charge in [-0.1, -0.05) is 0 Å². The first-order valence-electron chi connectivity index (χ1n) is 5.35. The Morgan fingerprint density at radius 3 is 2.72 bits per heavy atom. The summed E-state index contributed by atoms with van der Waals surface area (Å²) in [4.78, 5) is 21.4. The molecule has 0 spiro atoms. The molecule has 7 heteroatoms. The van der Waals surface area contributed by atoms with Crippen molar-refractivity contribution >= 4 is 17.3 Å². The zero-order valence-electron chi connectivity index (χ0n) is 9.60. The van der Waals surface area contributed by atoms with Crippen molar-refractivity contribution in [3.05, 3.63) is 33.6 Å². The van der Waals surface area contributed by atoms with Gasteiger partial charge in [0.25, 0.3) is 5.69 Å². The molecule has 2 rings (SSSR count). The van der Waals surface area contributed by atoms with Crippen LogP contribution in [0.3, 0.4) is 0 Å². The number of nitrogens with one attached hydrogen (secondary N) is 1. The normalized spacial score (nSPS) is 14.1. The second-order valence-electron chi connectivity index (χ2n) is 4.02. The minimum Gasteiger partial charge on any atom is -0.465 e. The third kappa shape index (κ3) is 2.39. The van der Waals surface area contributed by atoms with Gasteiger partial charge in [-0.2, -0.15) is 0 Å². The van der Waals surface area contributed by atoms with Crippen molar-refractivity contribution < 1.29 is 18.8 Å². The molecule has 1 aromatic rings. The lowest BCUT2D eigenvalue weighted by atomic mass is 10.1. The van der Waals surface area contributed by atoms with Gasteiger partial charge in [0.05, 0.1) is 23.7 Å². The molecule has 0 saturated heterocycles. The number of anilines is 1. The molecule has 1 N–H and O–H groups in total. The molecule has 1 aliphatic rings. The Morgan fingerprint density at radius 1 is 1.56 bits per heavy atom. The average molecular weight is 254 g/mol. The summed E-state index contributed by atoms with van der Waals surface area (Å²) in [6.45, 7) is 0. The number of rotatable bonds is 4. The van der Waals surface area contributed by atoms with Crippen LogP contribution in [0.4, 0.5) is 15.8 Å². The molecule has 0 aliphatic heterocycles. The smallest absolute Gasteiger partial charge is 0.340 e. The van der Waals surface area contributed by atoms with Crippen LogP contribution in [0.1, 0.15) is 23.2 Å². The van der Waals surface area contributed by atoms with E-state index in [-0.39, 0.29) is 23.0 Å². The standard InChI is InChI=1S/C11H11FN2O4/c1-18-11(15)7-4-9(13-6-2-3-6)10(14(16)17)5-8(7)12/h4-6,13H,2-3H2,1H3. The predicted molar refractivity (Wildman–Crippen MR) is 61.0 cm³/mol. The van der Waals surface area contributed by atoms with Crippen LogP contribution in [-0.2, 0) is 4.74 Å². The van der Waals surface area contributed by atoms with Gasteiger partial charge in [0.2, 0.25) is 0 Å². The Kier molecular flexibility index (Phi) is 3.14. The Hall–Kier alpha value is -2.18. The van der Waals surface area contributed by atoms with Crippen LogP contribution < -0.4 is 5.32 Å². The van der Waals surface area contributed by atoms with Gasteiger partial charge in [-0.15, -0.1) is 0 Å². The molecule has 96 valence electrons. The lowest BCUT2D eigenvalue weighted by Crippen LogP contribution is -2.10. The fourth-order valence-corrected chi connectivity index (χ4v) is 1.54. The highest BCUT2D eigenvalue weighted by atomic mass is 19.1. The van der Waals surface area contributed by atoms with Crippen LogP contribution in [0.5, 0.6) is 0 Å². The lowest BCUT2D eigenvalue weighted by molar-refractivity contribution is -0.384. The highest BCUT2D eigenvalue weighted by Crippen LogP contribution is 2.33. The van der Waals surface area contributed by atoms with Crippen LogP contribution >= 0.6 is 0 Å². The minimum absolute atomic E-state index is 0.143. The summed E-state index contributed by atoms with van der Waals surface area (Å²) in [5.74, 6) is -1.82. The van der Waals surface area contributed by atoms with E-state index in [0.717, 1.165) is 32.1 Å². The van der Waals surface area contributed by atoms with E-state index >= 15 is 0 Å². The summed E-state index contributed by atoms with van der Waals surface area (Å²) in [7, 11) is 1.12. The van der Waals surface area contributed by atoms with Crippen molar-refractivity contribution in [3.8, 4) is 0 Å². The van der Waals surface area contributed by atoms with Crippen molar-refractivity contribution in [1.82, 2.24) is 0 Å². The summed E-state index contributed by atoms with van der Waals surface area (Å²) in [5, 5.41) is 13.7. The fraction of sp³-hybridized carbons (Fsp3) is 0.364. The summed E-state index contributed by atoms with van der Waals surface area (Å²) >= 11 is 0. The van der Waals surface area contributed by atoms with E-state index in [1.165, 1.54) is 0 Å². The molecule has 0 unspecified atom stereocenters. The second kappa shape index (κ2) is 4.59. The number of nitro benzene ring substituents is 1. The highest BCUT2D eigenvalue weighted by molar-refractivity contribution is 5.92. The maximum atomic E-state index is 13.5. The molecule has 6 nitrogen and oxygen atoms in total. The SMILES string of the molecule is COC(=O)c1cc(NC2CC2)c([N+](=O)[O-])cc1F. The Balaban J connectivity index is 2.44. The van der Waals surface area contributed by atoms with Crippen LogP contribution in [0.15, 0.2) is 12.1 Å². The van der Waals surface area contributed by atoms with E-state index in [9.17, 15) is 19.3 Å². The van der Waals surface area contributed by atoms with E-state index in [0.29, 0.717) is 0 Å². The number of hydrogen-bond acceptors (Lipinski definition) is 5. The topological polar surface area (TPSA) is 81.5 Å². The van der Waals surface area contributed by atoms with Gasteiger partial charge in [-0.3, -0.25) is 10.1 Å². The molecule has 0 bridgehead atoms. The third-order valence-electron chi connectivity index (χ3n) is 2.62. The van der Waals surface area contributed by atoms with Gasteiger partial charge in [0, 0.05) is 6.04 Å². The summed E-state index contributed by atoms with van der Waals surface area (Å²) < 4.78 is 18.0. The maximum Gasteiger partial charge on any atom is 0.340 e.